The van der Waals surface area contributed by atoms with Crippen LogP contribution in [0.25, 0.3) is 0 Å². The number of carbonyl (C=O) groups excluding carboxylic acids is 1. The van der Waals surface area contributed by atoms with Gasteiger partial charge in [-0.05, 0) is 25.0 Å². The number of aryl methyl sites for hydroxylation is 1. The smallest absolute Gasteiger partial charge is 0.407 e. The van der Waals surface area contributed by atoms with Crippen LogP contribution in [0.2, 0.25) is 0 Å². The molecule has 1 atom stereocenters. The predicted octanol–water partition coefficient (Wildman–Crippen LogP) is 5.11. The third-order valence-corrected chi connectivity index (χ3v) is 4.24. The van der Waals surface area contributed by atoms with Crippen molar-refractivity contribution in [2.75, 3.05) is 6.61 Å². The number of unbranched alkanes of at least 4 members (excludes halogenated alkanes) is 2. The van der Waals surface area contributed by atoms with Crippen molar-refractivity contribution in [2.45, 2.75) is 39.2 Å². The summed E-state index contributed by atoms with van der Waals surface area (Å²) in [4.78, 5) is 12.2. The lowest BCUT2D eigenvalue weighted by molar-refractivity contribution is 0.141. The highest BCUT2D eigenvalue weighted by atomic mass is 16.5. The van der Waals surface area contributed by atoms with Gasteiger partial charge in [0.05, 0.1) is 12.6 Å². The number of hydrogen-bond donors (Lipinski definition) is 1. The molecule has 3 rings (SSSR count). The van der Waals surface area contributed by atoms with Gasteiger partial charge in [-0.3, -0.25) is 0 Å². The number of para-hydroxylation sites is 2. The van der Waals surface area contributed by atoms with E-state index in [1.165, 1.54) is 0 Å². The predicted molar refractivity (Wildman–Crippen MR) is 93.5 cm³/mol. The zero-order chi connectivity index (χ0) is 16.9. The van der Waals surface area contributed by atoms with E-state index in [4.69, 9.17) is 9.47 Å². The van der Waals surface area contributed by atoms with Crippen LogP contribution in [0.15, 0.2) is 42.5 Å². The van der Waals surface area contributed by atoms with Crippen molar-refractivity contribution in [3.05, 3.63) is 59.2 Å². The summed E-state index contributed by atoms with van der Waals surface area (Å²) in [7, 11) is 0. The number of rotatable bonds is 5. The van der Waals surface area contributed by atoms with Crippen LogP contribution in [0, 0.1) is 6.92 Å². The van der Waals surface area contributed by atoms with E-state index in [1.807, 2.05) is 49.4 Å². The first-order valence-corrected chi connectivity index (χ1v) is 8.50. The molecule has 1 N–H and O–H groups in total. The Kier molecular flexibility index (Phi) is 5.04. The molecule has 126 valence electrons. The van der Waals surface area contributed by atoms with Crippen molar-refractivity contribution in [3.63, 3.8) is 0 Å². The molecule has 0 saturated carbocycles. The highest BCUT2D eigenvalue weighted by molar-refractivity contribution is 5.70. The number of amides is 1. The molecule has 0 spiro atoms. The molecular weight excluding hydrogens is 302 g/mol. The van der Waals surface area contributed by atoms with Crippen LogP contribution in [0.1, 0.15) is 48.9 Å². The van der Waals surface area contributed by atoms with Crippen molar-refractivity contribution in [3.8, 4) is 11.5 Å². The van der Waals surface area contributed by atoms with Crippen molar-refractivity contribution >= 4 is 6.09 Å². The highest BCUT2D eigenvalue weighted by Gasteiger charge is 2.29. The second-order valence-electron chi connectivity index (χ2n) is 6.05. The van der Waals surface area contributed by atoms with E-state index in [9.17, 15) is 4.79 Å². The monoisotopic (exact) mass is 325 g/mol. The molecule has 0 aromatic heterocycles. The fourth-order valence-electron chi connectivity index (χ4n) is 2.96. The Bertz CT molecular complexity index is 727. The van der Waals surface area contributed by atoms with Crippen LogP contribution < -0.4 is 10.1 Å². The number of carbonyl (C=O) groups is 1. The largest absolute Gasteiger partial charge is 0.456 e. The normalized spacial score (nSPS) is 15.0. The summed E-state index contributed by atoms with van der Waals surface area (Å²) in [5.41, 5.74) is 2.95. The molecule has 1 unspecified atom stereocenters. The van der Waals surface area contributed by atoms with Crippen LogP contribution in [-0.2, 0) is 4.74 Å². The van der Waals surface area contributed by atoms with Gasteiger partial charge in [0.25, 0.3) is 0 Å². The zero-order valence-corrected chi connectivity index (χ0v) is 14.2. The fourth-order valence-corrected chi connectivity index (χ4v) is 2.96. The number of alkyl carbamates (subject to hydrolysis) is 1. The Morgan fingerprint density at radius 2 is 1.92 bits per heavy atom. The summed E-state index contributed by atoms with van der Waals surface area (Å²) in [6.45, 7) is 4.58. The van der Waals surface area contributed by atoms with Gasteiger partial charge in [-0.15, -0.1) is 0 Å². The number of fused-ring (bicyclic) bond motifs is 2. The average Bonchev–Trinajstić information content (AvgIpc) is 2.59. The summed E-state index contributed by atoms with van der Waals surface area (Å²) in [5, 5.41) is 2.99. The first-order valence-electron chi connectivity index (χ1n) is 8.50. The lowest BCUT2D eigenvalue weighted by Crippen LogP contribution is -2.32. The first-order chi connectivity index (χ1) is 11.7. The molecule has 1 aliphatic heterocycles. The van der Waals surface area contributed by atoms with Crippen molar-refractivity contribution in [2.24, 2.45) is 0 Å². The van der Waals surface area contributed by atoms with Gasteiger partial charge in [0.2, 0.25) is 0 Å². The lowest BCUT2D eigenvalue weighted by atomic mass is 9.93. The number of nitrogens with one attached hydrogen (secondary N) is 1. The topological polar surface area (TPSA) is 47.6 Å². The van der Waals surface area contributed by atoms with Crippen LogP contribution >= 0.6 is 0 Å². The van der Waals surface area contributed by atoms with E-state index in [2.05, 4.69) is 12.2 Å². The van der Waals surface area contributed by atoms with E-state index in [0.717, 1.165) is 47.5 Å². The summed E-state index contributed by atoms with van der Waals surface area (Å²) >= 11 is 0. The molecule has 24 heavy (non-hydrogen) atoms. The van der Waals surface area contributed by atoms with Gasteiger partial charge >= 0.3 is 6.09 Å². The Morgan fingerprint density at radius 1 is 1.12 bits per heavy atom. The van der Waals surface area contributed by atoms with Gasteiger partial charge in [0, 0.05) is 11.1 Å². The second-order valence-corrected chi connectivity index (χ2v) is 6.05. The summed E-state index contributed by atoms with van der Waals surface area (Å²) in [6.07, 6.45) is 2.67. The van der Waals surface area contributed by atoms with E-state index in [0.29, 0.717) is 6.61 Å². The molecule has 0 fully saturated rings. The molecule has 1 aliphatic rings. The van der Waals surface area contributed by atoms with Gasteiger partial charge in [0.1, 0.15) is 11.5 Å². The summed E-state index contributed by atoms with van der Waals surface area (Å²) < 4.78 is 11.4. The SMILES string of the molecule is CCCCCOC(=O)NC1c2ccccc2Oc2c(C)cccc21. The van der Waals surface area contributed by atoms with Crippen molar-refractivity contribution in [1.82, 2.24) is 5.32 Å². The Hall–Kier alpha value is -2.49. The van der Waals surface area contributed by atoms with Gasteiger partial charge in [-0.1, -0.05) is 56.2 Å². The molecule has 0 radical (unpaired) electrons. The number of hydrogen-bond acceptors (Lipinski definition) is 3. The van der Waals surface area contributed by atoms with Gasteiger partial charge in [-0.25, -0.2) is 4.79 Å². The summed E-state index contributed by atoms with van der Waals surface area (Å²) in [6, 6.07) is 13.5. The van der Waals surface area contributed by atoms with Gasteiger partial charge in [-0.2, -0.15) is 0 Å². The molecular formula is C20H23NO3. The minimum atomic E-state index is -0.389. The van der Waals surface area contributed by atoms with Crippen LogP contribution in [0.3, 0.4) is 0 Å². The Balaban J connectivity index is 1.82. The van der Waals surface area contributed by atoms with Gasteiger partial charge < -0.3 is 14.8 Å². The molecule has 2 aromatic carbocycles. The molecule has 2 aromatic rings. The van der Waals surface area contributed by atoms with E-state index < -0.39 is 0 Å². The first kappa shape index (κ1) is 16.4. The van der Waals surface area contributed by atoms with Crippen LogP contribution in [0.5, 0.6) is 11.5 Å². The minimum Gasteiger partial charge on any atom is -0.456 e. The molecule has 0 aliphatic carbocycles. The lowest BCUT2D eigenvalue weighted by Gasteiger charge is -2.29. The maximum Gasteiger partial charge on any atom is 0.407 e. The molecule has 4 nitrogen and oxygen atoms in total. The molecule has 0 bridgehead atoms. The standard InChI is InChI=1S/C20H23NO3/c1-3-4-7-13-23-20(22)21-18-15-10-5-6-12-17(15)24-19-14(2)9-8-11-16(18)19/h5-6,8-12,18H,3-4,7,13H2,1-2H3,(H,21,22). The zero-order valence-electron chi connectivity index (χ0n) is 14.2. The van der Waals surface area contributed by atoms with Gasteiger partial charge in [0.15, 0.2) is 0 Å². The average molecular weight is 325 g/mol. The fraction of sp³-hybridized carbons (Fsp3) is 0.350. The molecule has 1 heterocycles. The second kappa shape index (κ2) is 7.39. The maximum absolute atomic E-state index is 12.2. The van der Waals surface area contributed by atoms with Crippen LogP contribution in [-0.4, -0.2) is 12.7 Å². The van der Waals surface area contributed by atoms with E-state index >= 15 is 0 Å². The number of ether oxygens (including phenoxy) is 2. The third kappa shape index (κ3) is 3.37. The van der Waals surface area contributed by atoms with Crippen molar-refractivity contribution in [1.29, 1.82) is 0 Å². The Labute approximate surface area is 142 Å². The van der Waals surface area contributed by atoms with Crippen molar-refractivity contribution < 1.29 is 14.3 Å². The molecule has 0 saturated heterocycles. The Morgan fingerprint density at radius 3 is 2.75 bits per heavy atom. The minimum absolute atomic E-state index is 0.261. The van der Waals surface area contributed by atoms with Crippen LogP contribution in [0.4, 0.5) is 4.79 Å². The third-order valence-electron chi connectivity index (χ3n) is 4.24. The van der Waals surface area contributed by atoms with E-state index in [1.54, 1.807) is 0 Å². The van der Waals surface area contributed by atoms with E-state index in [-0.39, 0.29) is 12.1 Å². The molecule has 1 amide bonds. The number of benzene rings is 2. The maximum atomic E-state index is 12.2. The summed E-state index contributed by atoms with van der Waals surface area (Å²) in [5.74, 6) is 1.59. The quantitative estimate of drug-likeness (QED) is 0.777. The highest BCUT2D eigenvalue weighted by Crippen LogP contribution is 2.44. The molecule has 4 heteroatoms.